The van der Waals surface area contributed by atoms with E-state index in [1.54, 1.807) is 12.1 Å². The summed E-state index contributed by atoms with van der Waals surface area (Å²) >= 11 is 11.7. The number of halogens is 2. The highest BCUT2D eigenvalue weighted by Gasteiger charge is 2.16. The van der Waals surface area contributed by atoms with Crippen LogP contribution >= 0.6 is 23.2 Å². The average Bonchev–Trinajstić information content (AvgIpc) is 3.29. The number of rotatable bonds is 6. The Bertz CT molecular complexity index is 1160. The summed E-state index contributed by atoms with van der Waals surface area (Å²) in [5.74, 6) is -2.20. The SMILES string of the molecule is COc1cc(C=NNC(=O)C(=O)Nc2cc(Cl)cc(Cl)c2)ccc1OC(=O)c1ccco1. The fraction of sp³-hybridized carbons (Fsp3) is 0.0476. The molecular formula is C21H15Cl2N3O6. The van der Waals surface area contributed by atoms with Crippen molar-refractivity contribution in [1.29, 1.82) is 0 Å². The summed E-state index contributed by atoms with van der Waals surface area (Å²) in [4.78, 5) is 35.9. The summed E-state index contributed by atoms with van der Waals surface area (Å²) in [6, 6.07) is 12.0. The molecule has 0 atom stereocenters. The quantitative estimate of drug-likeness (QED) is 0.183. The first-order valence-corrected chi connectivity index (χ1v) is 9.65. The van der Waals surface area contributed by atoms with Crippen LogP contribution in [0.1, 0.15) is 16.1 Å². The van der Waals surface area contributed by atoms with Crippen molar-refractivity contribution < 1.29 is 28.3 Å². The molecule has 0 aliphatic rings. The van der Waals surface area contributed by atoms with E-state index in [0.717, 1.165) is 0 Å². The molecule has 164 valence electrons. The Labute approximate surface area is 191 Å². The number of ether oxygens (including phenoxy) is 2. The minimum absolute atomic E-state index is 0.0405. The van der Waals surface area contributed by atoms with Crippen LogP contribution in [0.2, 0.25) is 10.0 Å². The van der Waals surface area contributed by atoms with E-state index < -0.39 is 17.8 Å². The van der Waals surface area contributed by atoms with Crippen molar-refractivity contribution >= 4 is 52.9 Å². The van der Waals surface area contributed by atoms with Gasteiger partial charge in [-0.3, -0.25) is 9.59 Å². The van der Waals surface area contributed by atoms with Crippen molar-refractivity contribution in [2.75, 3.05) is 12.4 Å². The monoisotopic (exact) mass is 475 g/mol. The molecule has 0 bridgehead atoms. The number of amides is 2. The van der Waals surface area contributed by atoms with Crippen LogP contribution in [-0.2, 0) is 9.59 Å². The predicted molar refractivity (Wildman–Crippen MR) is 117 cm³/mol. The number of esters is 1. The fourth-order valence-electron chi connectivity index (χ4n) is 2.42. The minimum atomic E-state index is -1.01. The van der Waals surface area contributed by atoms with Gasteiger partial charge in [0.25, 0.3) is 0 Å². The fourth-order valence-corrected chi connectivity index (χ4v) is 2.95. The van der Waals surface area contributed by atoms with Gasteiger partial charge in [0, 0.05) is 15.7 Å². The van der Waals surface area contributed by atoms with Crippen LogP contribution in [0.25, 0.3) is 0 Å². The molecule has 1 heterocycles. The zero-order valence-corrected chi connectivity index (χ0v) is 17.9. The molecule has 1 aromatic heterocycles. The molecule has 2 N–H and O–H groups in total. The van der Waals surface area contributed by atoms with Crippen LogP contribution in [0, 0.1) is 0 Å². The van der Waals surface area contributed by atoms with E-state index in [2.05, 4.69) is 15.8 Å². The second-order valence-electron chi connectivity index (χ2n) is 6.09. The first kappa shape index (κ1) is 22.9. The molecule has 0 aliphatic heterocycles. The zero-order chi connectivity index (χ0) is 23.1. The number of nitrogens with one attached hydrogen (secondary N) is 2. The molecule has 0 spiro atoms. The van der Waals surface area contributed by atoms with Gasteiger partial charge in [-0.15, -0.1) is 0 Å². The molecule has 2 amide bonds. The summed E-state index contributed by atoms with van der Waals surface area (Å²) in [6.45, 7) is 0. The van der Waals surface area contributed by atoms with E-state index in [1.807, 2.05) is 0 Å². The van der Waals surface area contributed by atoms with E-state index in [0.29, 0.717) is 15.6 Å². The first-order chi connectivity index (χ1) is 15.4. The van der Waals surface area contributed by atoms with Gasteiger partial charge in [0.05, 0.1) is 19.6 Å². The Morgan fingerprint density at radius 1 is 1.00 bits per heavy atom. The maximum atomic E-state index is 12.0. The van der Waals surface area contributed by atoms with Crippen molar-refractivity contribution in [2.24, 2.45) is 5.10 Å². The number of hydrogen-bond acceptors (Lipinski definition) is 7. The van der Waals surface area contributed by atoms with E-state index in [-0.39, 0.29) is 22.9 Å². The van der Waals surface area contributed by atoms with Gasteiger partial charge in [-0.2, -0.15) is 5.10 Å². The third kappa shape index (κ3) is 6.10. The normalized spacial score (nSPS) is 10.6. The molecule has 32 heavy (non-hydrogen) atoms. The number of hydrazone groups is 1. The van der Waals surface area contributed by atoms with Gasteiger partial charge in [-0.25, -0.2) is 10.2 Å². The smallest absolute Gasteiger partial charge is 0.379 e. The number of benzene rings is 2. The number of carbonyl (C=O) groups excluding carboxylic acids is 3. The second kappa shape index (κ2) is 10.5. The van der Waals surface area contributed by atoms with Gasteiger partial charge in [0.2, 0.25) is 5.76 Å². The Morgan fingerprint density at radius 2 is 1.75 bits per heavy atom. The molecular weight excluding hydrogens is 461 g/mol. The molecule has 0 radical (unpaired) electrons. The van der Waals surface area contributed by atoms with Gasteiger partial charge >= 0.3 is 17.8 Å². The predicted octanol–water partition coefficient (Wildman–Crippen LogP) is 3.90. The summed E-state index contributed by atoms with van der Waals surface area (Å²) in [7, 11) is 1.40. The van der Waals surface area contributed by atoms with E-state index >= 15 is 0 Å². The molecule has 0 unspecified atom stereocenters. The molecule has 3 aromatic rings. The third-order valence-electron chi connectivity index (χ3n) is 3.82. The van der Waals surface area contributed by atoms with Gasteiger partial charge in [0.15, 0.2) is 11.5 Å². The summed E-state index contributed by atoms with van der Waals surface area (Å²) in [5, 5.41) is 6.70. The van der Waals surface area contributed by atoms with Crippen molar-refractivity contribution in [3.8, 4) is 11.5 Å². The number of anilines is 1. The zero-order valence-electron chi connectivity index (χ0n) is 16.4. The van der Waals surface area contributed by atoms with Crippen molar-refractivity contribution in [1.82, 2.24) is 5.43 Å². The van der Waals surface area contributed by atoms with Gasteiger partial charge in [-0.1, -0.05) is 23.2 Å². The highest BCUT2D eigenvalue weighted by Crippen LogP contribution is 2.28. The van der Waals surface area contributed by atoms with Crippen LogP contribution < -0.4 is 20.2 Å². The first-order valence-electron chi connectivity index (χ1n) is 8.90. The molecule has 0 saturated heterocycles. The summed E-state index contributed by atoms with van der Waals surface area (Å²) < 4.78 is 15.4. The van der Waals surface area contributed by atoms with E-state index in [9.17, 15) is 14.4 Å². The van der Waals surface area contributed by atoms with Crippen LogP contribution in [0.5, 0.6) is 11.5 Å². The molecule has 3 rings (SSSR count). The van der Waals surface area contributed by atoms with Crippen molar-refractivity contribution in [3.63, 3.8) is 0 Å². The lowest BCUT2D eigenvalue weighted by Gasteiger charge is -2.09. The third-order valence-corrected chi connectivity index (χ3v) is 4.26. The van der Waals surface area contributed by atoms with Crippen LogP contribution in [0.3, 0.4) is 0 Å². The molecule has 0 saturated carbocycles. The lowest BCUT2D eigenvalue weighted by Crippen LogP contribution is -2.32. The summed E-state index contributed by atoms with van der Waals surface area (Å²) in [5.41, 5.74) is 2.86. The van der Waals surface area contributed by atoms with Crippen molar-refractivity contribution in [3.05, 3.63) is 76.2 Å². The number of carbonyl (C=O) groups is 3. The van der Waals surface area contributed by atoms with Crippen LogP contribution in [0.15, 0.2) is 64.3 Å². The minimum Gasteiger partial charge on any atom is -0.493 e. The Kier molecular flexibility index (Phi) is 7.48. The largest absolute Gasteiger partial charge is 0.493 e. The lowest BCUT2D eigenvalue weighted by molar-refractivity contribution is -0.136. The Morgan fingerprint density at radius 3 is 2.41 bits per heavy atom. The van der Waals surface area contributed by atoms with Gasteiger partial charge in [0.1, 0.15) is 0 Å². The molecule has 9 nitrogen and oxygen atoms in total. The van der Waals surface area contributed by atoms with Gasteiger partial charge < -0.3 is 19.2 Å². The molecule has 2 aromatic carbocycles. The highest BCUT2D eigenvalue weighted by atomic mass is 35.5. The molecule has 0 fully saturated rings. The standard InChI is InChI=1S/C21H15Cl2N3O6/c1-30-18-7-12(4-5-16(18)32-21(29)17-3-2-6-31-17)11-24-26-20(28)19(27)25-15-9-13(22)8-14(23)10-15/h2-11H,1H3,(H,25,27)(H,26,28). The van der Waals surface area contributed by atoms with Crippen LogP contribution in [-0.4, -0.2) is 31.1 Å². The van der Waals surface area contributed by atoms with E-state index in [1.165, 1.54) is 56.0 Å². The highest BCUT2D eigenvalue weighted by molar-refractivity contribution is 6.40. The van der Waals surface area contributed by atoms with Crippen LogP contribution in [0.4, 0.5) is 5.69 Å². The second-order valence-corrected chi connectivity index (χ2v) is 6.96. The maximum Gasteiger partial charge on any atom is 0.379 e. The summed E-state index contributed by atoms with van der Waals surface area (Å²) in [6.07, 6.45) is 2.63. The maximum absolute atomic E-state index is 12.0. The van der Waals surface area contributed by atoms with Gasteiger partial charge in [-0.05, 0) is 54.1 Å². The molecule has 0 aliphatic carbocycles. The number of furan rings is 1. The number of nitrogens with zero attached hydrogens (tertiary/aromatic N) is 1. The lowest BCUT2D eigenvalue weighted by atomic mass is 10.2. The number of methoxy groups -OCH3 is 1. The Hall–Kier alpha value is -3.82. The Balaban J connectivity index is 1.60. The molecule has 11 heteroatoms. The van der Waals surface area contributed by atoms with Crippen molar-refractivity contribution in [2.45, 2.75) is 0 Å². The van der Waals surface area contributed by atoms with E-state index in [4.69, 9.17) is 37.1 Å². The average molecular weight is 476 g/mol. The number of hydrogen-bond donors (Lipinski definition) is 2. The topological polar surface area (TPSA) is 119 Å².